The molecule has 0 bridgehead atoms. The van der Waals surface area contributed by atoms with Crippen molar-refractivity contribution >= 4 is 21.6 Å². The van der Waals surface area contributed by atoms with E-state index in [1.807, 2.05) is 0 Å². The molecule has 3 nitrogen and oxygen atoms in total. The number of hydrogen-bond acceptors (Lipinski definition) is 2. The fourth-order valence-electron chi connectivity index (χ4n) is 1.18. The van der Waals surface area contributed by atoms with E-state index in [2.05, 4.69) is 22.9 Å². The summed E-state index contributed by atoms with van der Waals surface area (Å²) in [6.45, 7) is 3.63. The van der Waals surface area contributed by atoms with E-state index in [1.54, 1.807) is 18.2 Å². The summed E-state index contributed by atoms with van der Waals surface area (Å²) in [5.74, 6) is 0. The molecule has 0 unspecified atom stereocenters. The average Bonchev–Trinajstić information content (AvgIpc) is 2.04. The molecule has 0 heterocycles. The maximum atomic E-state index is 10.7. The lowest BCUT2D eigenvalue weighted by molar-refractivity contribution is -0.385. The molecule has 1 radical (unpaired) electrons. The van der Waals surface area contributed by atoms with Crippen LogP contribution in [0.15, 0.2) is 18.2 Å². The molecule has 0 aromatic heterocycles. The lowest BCUT2D eigenvalue weighted by Crippen LogP contribution is -1.98. The molecule has 0 amide bonds. The fourth-order valence-corrected chi connectivity index (χ4v) is 1.61. The Hall–Kier alpha value is -0.900. The van der Waals surface area contributed by atoms with Gasteiger partial charge in [-0.2, -0.15) is 0 Å². The molecule has 0 spiro atoms. The summed E-state index contributed by atoms with van der Waals surface area (Å²) < 4.78 is 0. The zero-order valence-electron chi connectivity index (χ0n) is 7.00. The summed E-state index contributed by atoms with van der Waals surface area (Å²) in [7, 11) is 0. The third-order valence-electron chi connectivity index (χ3n) is 1.75. The Bertz CT molecular complexity index is 325. The Morgan fingerprint density at radius 1 is 1.54 bits per heavy atom. The van der Waals surface area contributed by atoms with Gasteiger partial charge in [0, 0.05) is 16.5 Å². The second-order valence-corrected chi connectivity index (χ2v) is 3.41. The van der Waals surface area contributed by atoms with E-state index in [4.69, 9.17) is 0 Å². The Balaban J connectivity index is 3.17. The van der Waals surface area contributed by atoms with Crippen molar-refractivity contribution in [2.45, 2.75) is 6.42 Å². The number of nitrogens with zero attached hydrogens (tertiary/aromatic N) is 1. The maximum Gasteiger partial charge on any atom is 0.275 e. The SMILES string of the molecule is [CH2]c1cccc(CCBr)c1[N+](=O)[O-]. The first-order chi connectivity index (χ1) is 6.16. The number of rotatable bonds is 3. The van der Waals surface area contributed by atoms with Crippen LogP contribution in [0, 0.1) is 17.0 Å². The Kier molecular flexibility index (Phi) is 3.42. The molecule has 0 atom stereocenters. The minimum atomic E-state index is -0.375. The number of alkyl halides is 1. The van der Waals surface area contributed by atoms with Gasteiger partial charge in [0.1, 0.15) is 0 Å². The number of halogens is 1. The van der Waals surface area contributed by atoms with Crippen LogP contribution in [0.1, 0.15) is 11.1 Å². The Morgan fingerprint density at radius 3 is 2.77 bits per heavy atom. The highest BCUT2D eigenvalue weighted by Gasteiger charge is 2.15. The summed E-state index contributed by atoms with van der Waals surface area (Å²) >= 11 is 3.25. The van der Waals surface area contributed by atoms with Gasteiger partial charge in [0.25, 0.3) is 5.69 Å². The lowest BCUT2D eigenvalue weighted by Gasteiger charge is -2.02. The standard InChI is InChI=1S/C9H9BrNO2/c1-7-3-2-4-8(5-6-10)9(7)11(12)13/h2-4H,1,5-6H2. The van der Waals surface area contributed by atoms with Crippen molar-refractivity contribution in [3.05, 3.63) is 46.4 Å². The molecule has 1 rings (SSSR count). The summed E-state index contributed by atoms with van der Waals surface area (Å²) in [4.78, 5) is 10.3. The fraction of sp³-hybridized carbons (Fsp3) is 0.222. The molecule has 0 N–H and O–H groups in total. The quantitative estimate of drug-likeness (QED) is 0.465. The van der Waals surface area contributed by atoms with Gasteiger partial charge in [0.2, 0.25) is 0 Å². The number of nitro groups is 1. The summed E-state index contributed by atoms with van der Waals surface area (Å²) in [6, 6.07) is 5.19. The van der Waals surface area contributed by atoms with Gasteiger partial charge in [0.15, 0.2) is 0 Å². The predicted octanol–water partition coefficient (Wildman–Crippen LogP) is 2.71. The van der Waals surface area contributed by atoms with Gasteiger partial charge in [0.05, 0.1) is 4.92 Å². The van der Waals surface area contributed by atoms with Gasteiger partial charge in [-0.25, -0.2) is 0 Å². The largest absolute Gasteiger partial charge is 0.275 e. The van der Waals surface area contributed by atoms with E-state index in [0.717, 1.165) is 10.9 Å². The smallest absolute Gasteiger partial charge is 0.258 e. The van der Waals surface area contributed by atoms with Crippen LogP contribution in [0.5, 0.6) is 0 Å². The molecule has 0 aliphatic rings. The second-order valence-electron chi connectivity index (χ2n) is 2.62. The zero-order chi connectivity index (χ0) is 9.84. The third kappa shape index (κ3) is 2.28. The van der Waals surface area contributed by atoms with Crippen LogP contribution in [0.2, 0.25) is 0 Å². The van der Waals surface area contributed by atoms with Crippen molar-refractivity contribution in [2.24, 2.45) is 0 Å². The van der Waals surface area contributed by atoms with Crippen LogP contribution < -0.4 is 0 Å². The molecule has 0 fully saturated rings. The molecule has 0 saturated carbocycles. The van der Waals surface area contributed by atoms with Crippen molar-refractivity contribution in [3.8, 4) is 0 Å². The maximum absolute atomic E-state index is 10.7. The minimum Gasteiger partial charge on any atom is -0.258 e. The van der Waals surface area contributed by atoms with Gasteiger partial charge in [-0.3, -0.25) is 10.1 Å². The van der Waals surface area contributed by atoms with E-state index >= 15 is 0 Å². The normalized spacial score (nSPS) is 10.0. The van der Waals surface area contributed by atoms with Crippen molar-refractivity contribution in [1.82, 2.24) is 0 Å². The van der Waals surface area contributed by atoms with Crippen molar-refractivity contribution in [3.63, 3.8) is 0 Å². The van der Waals surface area contributed by atoms with Gasteiger partial charge >= 0.3 is 0 Å². The zero-order valence-corrected chi connectivity index (χ0v) is 8.58. The number of benzene rings is 1. The van der Waals surface area contributed by atoms with E-state index in [1.165, 1.54) is 0 Å². The highest BCUT2D eigenvalue weighted by Crippen LogP contribution is 2.23. The summed E-state index contributed by atoms with van der Waals surface area (Å²) in [5, 5.41) is 11.4. The van der Waals surface area contributed by atoms with Gasteiger partial charge < -0.3 is 0 Å². The molecule has 1 aromatic rings. The Morgan fingerprint density at radius 2 is 2.23 bits per heavy atom. The Labute approximate surface area is 85.0 Å². The van der Waals surface area contributed by atoms with Crippen molar-refractivity contribution in [1.29, 1.82) is 0 Å². The monoisotopic (exact) mass is 242 g/mol. The van der Waals surface area contributed by atoms with E-state index < -0.39 is 0 Å². The first-order valence-corrected chi connectivity index (χ1v) is 4.93. The number of aryl methyl sites for hydroxylation is 1. The molecular weight excluding hydrogens is 234 g/mol. The van der Waals surface area contributed by atoms with Crippen LogP contribution in [0.25, 0.3) is 0 Å². The first-order valence-electron chi connectivity index (χ1n) is 3.81. The van der Waals surface area contributed by atoms with Crippen LogP contribution in [0.4, 0.5) is 5.69 Å². The van der Waals surface area contributed by atoms with Gasteiger partial charge in [-0.1, -0.05) is 34.1 Å². The number of nitro benzene ring substituents is 1. The van der Waals surface area contributed by atoms with Crippen LogP contribution in [0.3, 0.4) is 0 Å². The van der Waals surface area contributed by atoms with E-state index in [-0.39, 0.29) is 10.6 Å². The van der Waals surface area contributed by atoms with Crippen LogP contribution >= 0.6 is 15.9 Å². The average molecular weight is 243 g/mol. The minimum absolute atomic E-state index is 0.141. The summed E-state index contributed by atoms with van der Waals surface area (Å²) in [6.07, 6.45) is 0.652. The molecule has 0 aliphatic carbocycles. The van der Waals surface area contributed by atoms with Crippen molar-refractivity contribution < 1.29 is 4.92 Å². The lowest BCUT2D eigenvalue weighted by atomic mass is 10.1. The predicted molar refractivity (Wildman–Crippen MR) is 55.1 cm³/mol. The summed E-state index contributed by atoms with van der Waals surface area (Å²) in [5.41, 5.74) is 1.35. The third-order valence-corrected chi connectivity index (χ3v) is 2.15. The van der Waals surface area contributed by atoms with Gasteiger partial charge in [-0.05, 0) is 13.3 Å². The molecule has 13 heavy (non-hydrogen) atoms. The highest BCUT2D eigenvalue weighted by atomic mass is 79.9. The molecular formula is C9H9BrNO2. The molecule has 0 aliphatic heterocycles. The molecule has 4 heteroatoms. The number of hydrogen-bond donors (Lipinski definition) is 0. The highest BCUT2D eigenvalue weighted by molar-refractivity contribution is 9.09. The molecule has 69 valence electrons. The molecule has 1 aromatic carbocycles. The van der Waals surface area contributed by atoms with Crippen LogP contribution in [-0.4, -0.2) is 10.3 Å². The second kappa shape index (κ2) is 4.37. The topological polar surface area (TPSA) is 43.1 Å². The first kappa shape index (κ1) is 10.2. The molecule has 0 saturated heterocycles. The van der Waals surface area contributed by atoms with E-state index in [9.17, 15) is 10.1 Å². The number of para-hydroxylation sites is 1. The van der Waals surface area contributed by atoms with Gasteiger partial charge in [-0.15, -0.1) is 0 Å². The van der Waals surface area contributed by atoms with Crippen LogP contribution in [-0.2, 0) is 6.42 Å². The van der Waals surface area contributed by atoms with Crippen molar-refractivity contribution in [2.75, 3.05) is 5.33 Å². The van der Waals surface area contributed by atoms with E-state index in [0.29, 0.717) is 12.0 Å².